The smallest absolute Gasteiger partial charge is 0.327 e. The number of nitro benzene ring substituents is 1. The predicted molar refractivity (Wildman–Crippen MR) is 103 cm³/mol. The zero-order chi connectivity index (χ0) is 19.7. The van der Waals surface area contributed by atoms with Gasteiger partial charge in [0, 0.05) is 26.2 Å². The second-order valence-corrected chi connectivity index (χ2v) is 6.66. The summed E-state index contributed by atoms with van der Waals surface area (Å²) in [6, 6.07) is 11.3. The number of para-hydroxylation sites is 2. The Kier molecular flexibility index (Phi) is 4.74. The molecule has 0 saturated carbocycles. The molecule has 1 aliphatic heterocycles. The maximum absolute atomic E-state index is 13.9. The van der Waals surface area contributed by atoms with Crippen LogP contribution in [0.5, 0.6) is 0 Å². The molecule has 0 bridgehead atoms. The van der Waals surface area contributed by atoms with Gasteiger partial charge in [-0.25, -0.2) is 4.98 Å². The number of aromatic nitrogens is 2. The van der Waals surface area contributed by atoms with Crippen LogP contribution in [-0.2, 0) is 6.54 Å². The average Bonchev–Trinajstić information content (AvgIpc) is 2.68. The molecule has 0 aliphatic carbocycles. The number of H-pyrrole nitrogens is 1. The van der Waals surface area contributed by atoms with E-state index in [0.717, 1.165) is 6.07 Å². The van der Waals surface area contributed by atoms with Gasteiger partial charge in [0.05, 0.1) is 22.4 Å². The third-order valence-corrected chi connectivity index (χ3v) is 4.90. The highest BCUT2D eigenvalue weighted by Crippen LogP contribution is 2.31. The summed E-state index contributed by atoms with van der Waals surface area (Å²) in [6.45, 7) is 2.73. The average molecular weight is 383 g/mol. The molecule has 8 nitrogen and oxygen atoms in total. The van der Waals surface area contributed by atoms with E-state index in [4.69, 9.17) is 0 Å². The standard InChI is InChI=1S/C19H18FN5O3/c20-14-5-3-7-16(18(14)25(27)28)24-10-8-23(9-11-24)12-17-21-15-6-2-1-4-13(15)19(26)22-17/h1-7H,8-12H2,(H,21,22,26). The van der Waals surface area contributed by atoms with Gasteiger partial charge >= 0.3 is 5.69 Å². The van der Waals surface area contributed by atoms with Crippen molar-refractivity contribution >= 4 is 22.3 Å². The third kappa shape index (κ3) is 3.44. The number of fused-ring (bicyclic) bond motifs is 1. The van der Waals surface area contributed by atoms with E-state index in [1.54, 1.807) is 24.3 Å². The first-order valence-electron chi connectivity index (χ1n) is 8.91. The van der Waals surface area contributed by atoms with Crippen molar-refractivity contribution in [2.45, 2.75) is 6.54 Å². The van der Waals surface area contributed by atoms with Gasteiger partial charge < -0.3 is 9.88 Å². The van der Waals surface area contributed by atoms with Gasteiger partial charge in [-0.1, -0.05) is 18.2 Å². The molecular weight excluding hydrogens is 365 g/mol. The molecule has 0 radical (unpaired) electrons. The van der Waals surface area contributed by atoms with Gasteiger partial charge in [-0.05, 0) is 24.3 Å². The lowest BCUT2D eigenvalue weighted by molar-refractivity contribution is -0.386. The number of hydrogen-bond acceptors (Lipinski definition) is 6. The molecule has 0 unspecified atom stereocenters. The zero-order valence-electron chi connectivity index (χ0n) is 15.0. The Labute approximate surface area is 159 Å². The molecule has 1 aliphatic rings. The van der Waals surface area contributed by atoms with Crippen molar-refractivity contribution in [3.63, 3.8) is 0 Å². The van der Waals surface area contributed by atoms with Crippen molar-refractivity contribution in [3.8, 4) is 0 Å². The number of piperazine rings is 1. The van der Waals surface area contributed by atoms with E-state index in [9.17, 15) is 19.3 Å². The number of nitrogens with one attached hydrogen (secondary N) is 1. The van der Waals surface area contributed by atoms with E-state index < -0.39 is 16.4 Å². The summed E-state index contributed by atoms with van der Waals surface area (Å²) in [4.78, 5) is 34.0. The molecule has 0 amide bonds. The predicted octanol–water partition coefficient (Wildman–Crippen LogP) is 2.29. The van der Waals surface area contributed by atoms with Gasteiger partial charge in [-0.3, -0.25) is 19.8 Å². The highest BCUT2D eigenvalue weighted by Gasteiger charge is 2.27. The van der Waals surface area contributed by atoms with Gasteiger partial charge in [0.2, 0.25) is 5.82 Å². The molecule has 1 saturated heterocycles. The molecule has 2 aromatic carbocycles. The summed E-state index contributed by atoms with van der Waals surface area (Å²) >= 11 is 0. The van der Waals surface area contributed by atoms with Crippen LogP contribution in [0.25, 0.3) is 10.9 Å². The lowest BCUT2D eigenvalue weighted by Crippen LogP contribution is -2.46. The molecule has 1 fully saturated rings. The van der Waals surface area contributed by atoms with Crippen LogP contribution in [0.4, 0.5) is 15.8 Å². The van der Waals surface area contributed by atoms with Gasteiger partial charge in [-0.2, -0.15) is 4.39 Å². The molecule has 4 rings (SSSR count). The number of anilines is 1. The quantitative estimate of drug-likeness (QED) is 0.549. The second kappa shape index (κ2) is 7.35. The summed E-state index contributed by atoms with van der Waals surface area (Å²) in [6.07, 6.45) is 0. The minimum Gasteiger partial charge on any atom is -0.363 e. The van der Waals surface area contributed by atoms with Gasteiger partial charge in [-0.15, -0.1) is 0 Å². The third-order valence-electron chi connectivity index (χ3n) is 4.90. The number of nitrogens with zero attached hydrogens (tertiary/aromatic N) is 4. The van der Waals surface area contributed by atoms with E-state index in [-0.39, 0.29) is 5.56 Å². The number of hydrogen-bond donors (Lipinski definition) is 1. The molecule has 28 heavy (non-hydrogen) atoms. The first kappa shape index (κ1) is 18.1. The summed E-state index contributed by atoms with van der Waals surface area (Å²) < 4.78 is 13.9. The number of halogens is 1. The van der Waals surface area contributed by atoms with Crippen molar-refractivity contribution in [1.82, 2.24) is 14.9 Å². The SMILES string of the molecule is O=c1[nH]c(CN2CCN(c3cccc(F)c3[N+](=O)[O-])CC2)nc2ccccc12. The Morgan fingerprint density at radius 2 is 1.86 bits per heavy atom. The Hall–Kier alpha value is -3.33. The number of benzene rings is 2. The summed E-state index contributed by atoms with van der Waals surface area (Å²) in [5.74, 6) is -0.253. The summed E-state index contributed by atoms with van der Waals surface area (Å²) in [7, 11) is 0. The van der Waals surface area contributed by atoms with Gasteiger partial charge in [0.1, 0.15) is 11.5 Å². The first-order chi connectivity index (χ1) is 13.5. The van der Waals surface area contributed by atoms with E-state index in [1.165, 1.54) is 6.07 Å². The summed E-state index contributed by atoms with van der Waals surface area (Å²) in [5, 5.41) is 11.8. The monoisotopic (exact) mass is 383 g/mol. The van der Waals surface area contributed by atoms with Crippen molar-refractivity contribution < 1.29 is 9.31 Å². The van der Waals surface area contributed by atoms with E-state index in [0.29, 0.717) is 55.1 Å². The van der Waals surface area contributed by atoms with Gasteiger partial charge in [0.15, 0.2) is 0 Å². The summed E-state index contributed by atoms with van der Waals surface area (Å²) in [5.41, 5.74) is 0.281. The Bertz CT molecular complexity index is 1090. The number of rotatable bonds is 4. The molecule has 2 heterocycles. The van der Waals surface area contributed by atoms with Crippen LogP contribution in [0.1, 0.15) is 5.82 Å². The molecule has 0 atom stereocenters. The second-order valence-electron chi connectivity index (χ2n) is 6.66. The maximum Gasteiger partial charge on any atom is 0.327 e. The van der Waals surface area contributed by atoms with E-state index in [1.807, 2.05) is 11.0 Å². The fourth-order valence-corrected chi connectivity index (χ4v) is 3.51. The molecule has 144 valence electrons. The van der Waals surface area contributed by atoms with E-state index >= 15 is 0 Å². The first-order valence-corrected chi connectivity index (χ1v) is 8.91. The van der Waals surface area contributed by atoms with Crippen molar-refractivity contribution in [1.29, 1.82) is 0 Å². The normalized spacial score (nSPS) is 15.1. The fraction of sp³-hybridized carbons (Fsp3) is 0.263. The van der Waals surface area contributed by atoms with Crippen LogP contribution in [0.2, 0.25) is 0 Å². The Morgan fingerprint density at radius 1 is 1.11 bits per heavy atom. The molecule has 0 spiro atoms. The maximum atomic E-state index is 13.9. The minimum atomic E-state index is -0.831. The molecular formula is C19H18FN5O3. The molecule has 3 aromatic rings. The van der Waals surface area contributed by atoms with Crippen LogP contribution in [0.15, 0.2) is 47.3 Å². The topological polar surface area (TPSA) is 95.4 Å². The number of aromatic amines is 1. The van der Waals surface area contributed by atoms with Crippen LogP contribution in [-0.4, -0.2) is 46.0 Å². The van der Waals surface area contributed by atoms with Crippen LogP contribution < -0.4 is 10.5 Å². The van der Waals surface area contributed by atoms with Crippen LogP contribution in [0.3, 0.4) is 0 Å². The van der Waals surface area contributed by atoms with E-state index in [2.05, 4.69) is 14.9 Å². The lowest BCUT2D eigenvalue weighted by atomic mass is 10.2. The van der Waals surface area contributed by atoms with Crippen LogP contribution in [0, 0.1) is 15.9 Å². The lowest BCUT2D eigenvalue weighted by Gasteiger charge is -2.35. The molecule has 1 N–H and O–H groups in total. The van der Waals surface area contributed by atoms with Crippen molar-refractivity contribution in [2.75, 3.05) is 31.1 Å². The van der Waals surface area contributed by atoms with Crippen LogP contribution >= 0.6 is 0 Å². The largest absolute Gasteiger partial charge is 0.363 e. The number of nitro groups is 1. The van der Waals surface area contributed by atoms with Crippen molar-refractivity contribution in [2.24, 2.45) is 0 Å². The highest BCUT2D eigenvalue weighted by molar-refractivity contribution is 5.77. The molecule has 9 heteroatoms. The minimum absolute atomic E-state index is 0.172. The fourth-order valence-electron chi connectivity index (χ4n) is 3.51. The zero-order valence-corrected chi connectivity index (χ0v) is 15.0. The Morgan fingerprint density at radius 3 is 2.61 bits per heavy atom. The van der Waals surface area contributed by atoms with Gasteiger partial charge in [0.25, 0.3) is 5.56 Å². The molecule has 1 aromatic heterocycles. The highest BCUT2D eigenvalue weighted by atomic mass is 19.1. The Balaban J connectivity index is 1.48. The van der Waals surface area contributed by atoms with Crippen molar-refractivity contribution in [3.05, 3.63) is 74.6 Å².